The van der Waals surface area contributed by atoms with E-state index in [1.165, 1.54) is 31.4 Å². The lowest BCUT2D eigenvalue weighted by atomic mass is 10.0. The maximum Gasteiger partial charge on any atom is 0.0627 e. The number of hydrogen-bond donors (Lipinski definition) is 0. The molecule has 3 heteroatoms. The van der Waals surface area contributed by atoms with Crippen LogP contribution < -0.4 is 0 Å². The van der Waals surface area contributed by atoms with Crippen molar-refractivity contribution in [3.63, 3.8) is 0 Å². The van der Waals surface area contributed by atoms with Gasteiger partial charge in [0.25, 0.3) is 0 Å². The summed E-state index contributed by atoms with van der Waals surface area (Å²) in [6.45, 7) is 4.24. The normalized spacial score (nSPS) is 21.2. The molecule has 1 heterocycles. The predicted octanol–water partition coefficient (Wildman–Crippen LogP) is 3.80. The number of halogens is 1. The van der Waals surface area contributed by atoms with E-state index in [4.69, 9.17) is 11.6 Å². The fraction of sp³-hybridized carbons (Fsp3) is 0.769. The number of rotatable bonds is 4. The summed E-state index contributed by atoms with van der Waals surface area (Å²) in [7, 11) is 0. The topological polar surface area (TPSA) is 17.8 Å². The van der Waals surface area contributed by atoms with Crippen molar-refractivity contribution < 1.29 is 0 Å². The van der Waals surface area contributed by atoms with Crippen molar-refractivity contribution in [1.82, 2.24) is 9.78 Å². The van der Waals surface area contributed by atoms with Crippen LogP contribution in [0.25, 0.3) is 0 Å². The molecule has 2 unspecified atom stereocenters. The Morgan fingerprint density at radius 1 is 1.44 bits per heavy atom. The second kappa shape index (κ2) is 5.22. The zero-order chi connectivity index (χ0) is 11.5. The molecule has 1 aliphatic rings. The summed E-state index contributed by atoms with van der Waals surface area (Å²) < 4.78 is 2.16. The van der Waals surface area contributed by atoms with Crippen molar-refractivity contribution in [2.45, 2.75) is 57.4 Å². The summed E-state index contributed by atoms with van der Waals surface area (Å²) in [6, 6.07) is 2.80. The number of nitrogens with zero attached hydrogens (tertiary/aromatic N) is 2. The van der Waals surface area contributed by atoms with E-state index < -0.39 is 0 Å². The van der Waals surface area contributed by atoms with Crippen LogP contribution >= 0.6 is 11.6 Å². The molecule has 1 saturated carbocycles. The van der Waals surface area contributed by atoms with Gasteiger partial charge < -0.3 is 0 Å². The van der Waals surface area contributed by atoms with Crippen LogP contribution in [0.15, 0.2) is 12.3 Å². The molecule has 1 aromatic rings. The van der Waals surface area contributed by atoms with Crippen LogP contribution in [0.2, 0.25) is 0 Å². The largest absolute Gasteiger partial charge is 0.269 e. The third kappa shape index (κ3) is 2.79. The van der Waals surface area contributed by atoms with Gasteiger partial charge in [0.1, 0.15) is 0 Å². The maximum absolute atomic E-state index is 6.08. The molecule has 2 atom stereocenters. The first-order chi connectivity index (χ1) is 7.66. The Labute approximate surface area is 103 Å². The minimum Gasteiger partial charge on any atom is -0.269 e. The number of alkyl halides is 1. The molecule has 0 spiro atoms. The van der Waals surface area contributed by atoms with Crippen molar-refractivity contribution >= 4 is 11.6 Å². The van der Waals surface area contributed by atoms with E-state index in [0.717, 1.165) is 6.42 Å². The van der Waals surface area contributed by atoms with Gasteiger partial charge in [0.05, 0.1) is 11.7 Å². The van der Waals surface area contributed by atoms with Crippen molar-refractivity contribution in [2.24, 2.45) is 5.92 Å². The van der Waals surface area contributed by atoms with E-state index in [-0.39, 0.29) is 5.38 Å². The Morgan fingerprint density at radius 3 is 2.75 bits per heavy atom. The Kier molecular flexibility index (Phi) is 3.91. The fourth-order valence-corrected chi connectivity index (χ4v) is 2.44. The van der Waals surface area contributed by atoms with Crippen LogP contribution in [-0.2, 0) is 6.42 Å². The molecule has 90 valence electrons. The quantitative estimate of drug-likeness (QED) is 0.732. The van der Waals surface area contributed by atoms with Crippen LogP contribution in [0.3, 0.4) is 0 Å². The second-order valence-corrected chi connectivity index (χ2v) is 5.77. The Hall–Kier alpha value is -0.500. The van der Waals surface area contributed by atoms with Gasteiger partial charge in [-0.05, 0) is 38.2 Å². The van der Waals surface area contributed by atoms with Crippen LogP contribution in [0.1, 0.15) is 51.3 Å². The molecular formula is C13H21ClN2. The van der Waals surface area contributed by atoms with Crippen LogP contribution in [-0.4, -0.2) is 15.2 Å². The number of hydrogen-bond acceptors (Lipinski definition) is 1. The average molecular weight is 241 g/mol. The minimum atomic E-state index is 0.219. The lowest BCUT2D eigenvalue weighted by Crippen LogP contribution is -2.11. The predicted molar refractivity (Wildman–Crippen MR) is 67.9 cm³/mol. The summed E-state index contributed by atoms with van der Waals surface area (Å²) in [4.78, 5) is 0. The first-order valence-corrected chi connectivity index (χ1v) is 6.78. The lowest BCUT2D eigenvalue weighted by molar-refractivity contribution is 0.457. The molecule has 16 heavy (non-hydrogen) atoms. The van der Waals surface area contributed by atoms with Gasteiger partial charge in [0.2, 0.25) is 0 Å². The van der Waals surface area contributed by atoms with Crippen LogP contribution in [0.5, 0.6) is 0 Å². The molecule has 0 saturated heterocycles. The van der Waals surface area contributed by atoms with Gasteiger partial charge in [0.15, 0.2) is 0 Å². The van der Waals surface area contributed by atoms with Gasteiger partial charge in [-0.3, -0.25) is 4.68 Å². The van der Waals surface area contributed by atoms with Crippen LogP contribution in [0, 0.1) is 5.92 Å². The highest BCUT2D eigenvalue weighted by Crippen LogP contribution is 2.29. The lowest BCUT2D eigenvalue weighted by Gasteiger charge is -2.12. The molecule has 0 N–H and O–H groups in total. The number of aromatic nitrogens is 2. The molecule has 1 aliphatic carbocycles. The van der Waals surface area contributed by atoms with Gasteiger partial charge in [-0.25, -0.2) is 0 Å². The first kappa shape index (κ1) is 12.0. The summed E-state index contributed by atoms with van der Waals surface area (Å²) in [6.07, 6.45) is 8.43. The average Bonchev–Trinajstić information content (AvgIpc) is 2.85. The van der Waals surface area contributed by atoms with Crippen molar-refractivity contribution in [3.05, 3.63) is 18.0 Å². The Balaban J connectivity index is 1.96. The molecule has 1 fully saturated rings. The third-order valence-electron chi connectivity index (χ3n) is 3.68. The van der Waals surface area contributed by atoms with E-state index in [2.05, 4.69) is 35.9 Å². The molecule has 2 rings (SSSR count). The molecule has 0 aromatic carbocycles. The molecule has 0 aliphatic heterocycles. The zero-order valence-electron chi connectivity index (χ0n) is 10.2. The first-order valence-electron chi connectivity index (χ1n) is 6.35. The van der Waals surface area contributed by atoms with E-state index in [9.17, 15) is 0 Å². The fourth-order valence-electron chi connectivity index (χ4n) is 2.35. The van der Waals surface area contributed by atoms with Gasteiger partial charge in [0, 0.05) is 11.6 Å². The summed E-state index contributed by atoms with van der Waals surface area (Å²) >= 11 is 6.08. The van der Waals surface area contributed by atoms with E-state index in [1.807, 2.05) is 0 Å². The summed E-state index contributed by atoms with van der Waals surface area (Å²) in [5.74, 6) is 0.494. The van der Waals surface area contributed by atoms with E-state index in [1.54, 1.807) is 0 Å². The van der Waals surface area contributed by atoms with Crippen molar-refractivity contribution in [1.29, 1.82) is 0 Å². The molecular weight excluding hydrogens is 220 g/mol. The maximum atomic E-state index is 6.08. The summed E-state index contributed by atoms with van der Waals surface area (Å²) in [5.41, 5.74) is 1.19. The molecule has 2 nitrogen and oxygen atoms in total. The highest BCUT2D eigenvalue weighted by molar-refractivity contribution is 6.20. The standard InChI is InChI=1S/C13H21ClN2/c1-10(11(2)14)9-12-7-8-16(15-12)13-5-3-4-6-13/h7-8,10-11,13H,3-6,9H2,1-2H3. The molecule has 1 aromatic heterocycles. The van der Waals surface area contributed by atoms with E-state index >= 15 is 0 Å². The Bertz CT molecular complexity index is 326. The van der Waals surface area contributed by atoms with E-state index in [0.29, 0.717) is 12.0 Å². The van der Waals surface area contributed by atoms with Crippen molar-refractivity contribution in [2.75, 3.05) is 0 Å². The highest BCUT2D eigenvalue weighted by atomic mass is 35.5. The van der Waals surface area contributed by atoms with Gasteiger partial charge in [-0.2, -0.15) is 5.10 Å². The monoisotopic (exact) mass is 240 g/mol. The molecule has 0 radical (unpaired) electrons. The molecule has 0 bridgehead atoms. The minimum absolute atomic E-state index is 0.219. The third-order valence-corrected chi connectivity index (χ3v) is 4.11. The van der Waals surface area contributed by atoms with Gasteiger partial charge in [-0.15, -0.1) is 11.6 Å². The second-order valence-electron chi connectivity index (χ2n) is 5.08. The van der Waals surface area contributed by atoms with Crippen molar-refractivity contribution in [3.8, 4) is 0 Å². The summed E-state index contributed by atoms with van der Waals surface area (Å²) in [5, 5.41) is 4.89. The highest BCUT2D eigenvalue weighted by Gasteiger charge is 2.18. The van der Waals surface area contributed by atoms with Gasteiger partial charge in [-0.1, -0.05) is 19.8 Å². The molecule has 0 amide bonds. The zero-order valence-corrected chi connectivity index (χ0v) is 11.0. The SMILES string of the molecule is CC(Cl)C(C)Cc1ccn(C2CCCC2)n1. The smallest absolute Gasteiger partial charge is 0.0627 e. The Morgan fingerprint density at radius 2 is 2.12 bits per heavy atom. The van der Waals surface area contributed by atoms with Crippen LogP contribution in [0.4, 0.5) is 0 Å². The van der Waals surface area contributed by atoms with Gasteiger partial charge >= 0.3 is 0 Å².